The maximum Gasteiger partial charge on any atom is 0.200 e. The monoisotopic (exact) mass is 378 g/mol. The molecule has 4 rings (SSSR count). The summed E-state index contributed by atoms with van der Waals surface area (Å²) in [6.45, 7) is 0.458. The van der Waals surface area contributed by atoms with Gasteiger partial charge in [0.15, 0.2) is 0 Å². The Morgan fingerprint density at radius 3 is 2.54 bits per heavy atom. The zero-order valence-electron chi connectivity index (χ0n) is 13.8. The van der Waals surface area contributed by atoms with E-state index in [1.807, 2.05) is 72.8 Å². The second-order valence-corrected chi connectivity index (χ2v) is 7.41. The average molecular weight is 379 g/mol. The van der Waals surface area contributed by atoms with Crippen molar-refractivity contribution >= 4 is 35.2 Å². The second kappa shape index (κ2) is 7.40. The zero-order valence-corrected chi connectivity index (χ0v) is 15.4. The fourth-order valence-electron chi connectivity index (χ4n) is 2.78. The van der Waals surface area contributed by atoms with Gasteiger partial charge < -0.3 is 4.74 Å². The number of ketones is 1. The number of carbonyl (C=O) groups is 1. The Kier molecular flexibility index (Phi) is 4.83. The van der Waals surface area contributed by atoms with Crippen molar-refractivity contribution in [3.05, 3.63) is 99.4 Å². The summed E-state index contributed by atoms with van der Waals surface area (Å²) in [7, 11) is 0. The molecule has 128 valence electrons. The van der Waals surface area contributed by atoms with Crippen LogP contribution in [-0.2, 0) is 6.61 Å². The van der Waals surface area contributed by atoms with Crippen LogP contribution in [0.3, 0.4) is 0 Å². The van der Waals surface area contributed by atoms with Gasteiger partial charge in [-0.3, -0.25) is 4.79 Å². The molecule has 4 heteroatoms. The molecule has 0 radical (unpaired) electrons. The first-order chi connectivity index (χ1) is 12.7. The first kappa shape index (κ1) is 17.0. The van der Waals surface area contributed by atoms with E-state index in [1.165, 1.54) is 11.8 Å². The molecule has 1 aliphatic rings. The molecule has 0 bridgehead atoms. The molecule has 3 aromatic carbocycles. The van der Waals surface area contributed by atoms with Gasteiger partial charge in [-0.15, -0.1) is 0 Å². The van der Waals surface area contributed by atoms with Crippen LogP contribution in [0.2, 0.25) is 5.02 Å². The molecule has 0 saturated heterocycles. The minimum Gasteiger partial charge on any atom is -0.488 e. The van der Waals surface area contributed by atoms with Crippen LogP contribution in [0.1, 0.15) is 21.5 Å². The SMILES string of the molecule is O=C1/C(=C/c2cc(Cl)ccc2OCc2ccccc2)Sc2ccccc21. The average Bonchev–Trinajstić information content (AvgIpc) is 2.98. The van der Waals surface area contributed by atoms with Gasteiger partial charge in [-0.25, -0.2) is 0 Å². The highest BCUT2D eigenvalue weighted by molar-refractivity contribution is 8.04. The number of ether oxygens (including phenoxy) is 1. The Morgan fingerprint density at radius 1 is 0.962 bits per heavy atom. The number of Topliss-reactive ketones (excluding diaryl/α,β-unsaturated/α-hetero) is 1. The number of hydrogen-bond acceptors (Lipinski definition) is 3. The molecule has 0 spiro atoms. The maximum absolute atomic E-state index is 12.6. The topological polar surface area (TPSA) is 26.3 Å². The molecule has 0 amide bonds. The summed E-state index contributed by atoms with van der Waals surface area (Å²) in [4.78, 5) is 14.3. The van der Waals surface area contributed by atoms with Crippen LogP contribution >= 0.6 is 23.4 Å². The first-order valence-electron chi connectivity index (χ1n) is 8.20. The van der Waals surface area contributed by atoms with Crippen LogP contribution < -0.4 is 4.74 Å². The number of carbonyl (C=O) groups excluding carboxylic acids is 1. The number of halogens is 1. The van der Waals surface area contributed by atoms with E-state index in [0.717, 1.165) is 21.6 Å². The number of allylic oxidation sites excluding steroid dienone is 1. The van der Waals surface area contributed by atoms with Gasteiger partial charge in [0.05, 0.1) is 4.91 Å². The largest absolute Gasteiger partial charge is 0.488 e. The third-order valence-electron chi connectivity index (χ3n) is 4.07. The molecule has 0 atom stereocenters. The number of hydrogen-bond donors (Lipinski definition) is 0. The quantitative estimate of drug-likeness (QED) is 0.502. The first-order valence-corrected chi connectivity index (χ1v) is 9.40. The minimum atomic E-state index is 0.0413. The molecule has 1 aliphatic heterocycles. The van der Waals surface area contributed by atoms with Gasteiger partial charge in [0.1, 0.15) is 12.4 Å². The summed E-state index contributed by atoms with van der Waals surface area (Å²) in [5.41, 5.74) is 2.63. The maximum atomic E-state index is 12.6. The number of rotatable bonds is 4. The highest BCUT2D eigenvalue weighted by Crippen LogP contribution is 2.41. The van der Waals surface area contributed by atoms with Gasteiger partial charge in [-0.2, -0.15) is 0 Å². The van der Waals surface area contributed by atoms with Gasteiger partial charge >= 0.3 is 0 Å². The highest BCUT2D eigenvalue weighted by Gasteiger charge is 2.25. The molecular weight excluding hydrogens is 364 g/mol. The van der Waals surface area contributed by atoms with Gasteiger partial charge in [0.25, 0.3) is 0 Å². The normalized spacial score (nSPS) is 14.5. The van der Waals surface area contributed by atoms with Crippen molar-refractivity contribution in [2.45, 2.75) is 11.5 Å². The van der Waals surface area contributed by atoms with Crippen molar-refractivity contribution in [1.29, 1.82) is 0 Å². The predicted octanol–water partition coefficient (Wildman–Crippen LogP) is 6.25. The van der Waals surface area contributed by atoms with E-state index < -0.39 is 0 Å². The van der Waals surface area contributed by atoms with Crippen molar-refractivity contribution in [1.82, 2.24) is 0 Å². The number of thioether (sulfide) groups is 1. The Bertz CT molecular complexity index is 996. The minimum absolute atomic E-state index is 0.0413. The summed E-state index contributed by atoms with van der Waals surface area (Å²) in [5, 5.41) is 0.608. The Morgan fingerprint density at radius 2 is 1.73 bits per heavy atom. The van der Waals surface area contributed by atoms with E-state index in [2.05, 4.69) is 0 Å². The lowest BCUT2D eigenvalue weighted by atomic mass is 10.1. The van der Waals surface area contributed by atoms with Crippen molar-refractivity contribution in [2.24, 2.45) is 0 Å². The molecule has 0 unspecified atom stereocenters. The molecule has 3 aromatic rings. The highest BCUT2D eigenvalue weighted by atomic mass is 35.5. The molecule has 0 saturated carbocycles. The molecular formula is C22H15ClO2S. The predicted molar refractivity (Wildman–Crippen MR) is 107 cm³/mol. The Hall–Kier alpha value is -2.49. The standard InChI is InChI=1S/C22H15ClO2S/c23-17-10-11-19(25-14-15-6-2-1-3-7-15)16(12-17)13-21-22(24)18-8-4-5-9-20(18)26-21/h1-13H,14H2/b21-13-. The van der Waals surface area contributed by atoms with Crippen molar-refractivity contribution in [2.75, 3.05) is 0 Å². The molecule has 0 fully saturated rings. The molecule has 1 heterocycles. The fourth-order valence-corrected chi connectivity index (χ4v) is 4.00. The van der Waals surface area contributed by atoms with Crippen LogP contribution in [0.5, 0.6) is 5.75 Å². The van der Waals surface area contributed by atoms with Crippen molar-refractivity contribution in [3.63, 3.8) is 0 Å². The van der Waals surface area contributed by atoms with E-state index in [-0.39, 0.29) is 5.78 Å². The van der Waals surface area contributed by atoms with E-state index in [4.69, 9.17) is 16.3 Å². The van der Waals surface area contributed by atoms with Crippen LogP contribution in [0.4, 0.5) is 0 Å². The lowest BCUT2D eigenvalue weighted by Crippen LogP contribution is -1.98. The van der Waals surface area contributed by atoms with Crippen LogP contribution in [0.15, 0.2) is 82.6 Å². The van der Waals surface area contributed by atoms with Crippen LogP contribution in [-0.4, -0.2) is 5.78 Å². The lowest BCUT2D eigenvalue weighted by molar-refractivity contribution is 0.104. The fraction of sp³-hybridized carbons (Fsp3) is 0.0455. The van der Waals surface area contributed by atoms with Crippen LogP contribution in [0, 0.1) is 0 Å². The molecule has 0 N–H and O–H groups in total. The third kappa shape index (κ3) is 3.55. The summed E-state index contributed by atoms with van der Waals surface area (Å²) >= 11 is 7.65. The Balaban J connectivity index is 1.62. The van der Waals surface area contributed by atoms with Crippen molar-refractivity contribution < 1.29 is 9.53 Å². The van der Waals surface area contributed by atoms with E-state index >= 15 is 0 Å². The molecule has 26 heavy (non-hydrogen) atoms. The van der Waals surface area contributed by atoms with E-state index in [1.54, 1.807) is 6.07 Å². The summed E-state index contributed by atoms with van der Waals surface area (Å²) < 4.78 is 5.98. The lowest BCUT2D eigenvalue weighted by Gasteiger charge is -2.10. The summed E-state index contributed by atoms with van der Waals surface area (Å²) in [6.07, 6.45) is 1.86. The Labute approximate surface area is 161 Å². The van der Waals surface area contributed by atoms with Gasteiger partial charge in [0.2, 0.25) is 5.78 Å². The molecule has 0 aromatic heterocycles. The van der Waals surface area contributed by atoms with Gasteiger partial charge in [0, 0.05) is 21.0 Å². The molecule has 2 nitrogen and oxygen atoms in total. The molecule has 0 aliphatic carbocycles. The van der Waals surface area contributed by atoms with Gasteiger partial charge in [-0.05, 0) is 42.0 Å². The zero-order chi connectivity index (χ0) is 17.9. The number of benzene rings is 3. The smallest absolute Gasteiger partial charge is 0.200 e. The van der Waals surface area contributed by atoms with E-state index in [0.29, 0.717) is 22.3 Å². The van der Waals surface area contributed by atoms with Gasteiger partial charge in [-0.1, -0.05) is 65.8 Å². The van der Waals surface area contributed by atoms with Crippen LogP contribution in [0.25, 0.3) is 6.08 Å². The summed E-state index contributed by atoms with van der Waals surface area (Å²) in [5.74, 6) is 0.745. The third-order valence-corrected chi connectivity index (χ3v) is 5.41. The number of fused-ring (bicyclic) bond motifs is 1. The summed E-state index contributed by atoms with van der Waals surface area (Å²) in [6, 6.07) is 23.1. The van der Waals surface area contributed by atoms with Crippen molar-refractivity contribution in [3.8, 4) is 5.75 Å². The van der Waals surface area contributed by atoms with E-state index in [9.17, 15) is 4.79 Å². The second-order valence-electron chi connectivity index (χ2n) is 5.89.